The van der Waals surface area contributed by atoms with Gasteiger partial charge in [-0.2, -0.15) is 13.2 Å². The molecule has 0 N–H and O–H groups in total. The second-order valence-electron chi connectivity index (χ2n) is 4.97. The summed E-state index contributed by atoms with van der Waals surface area (Å²) >= 11 is 3.55. The molecule has 0 aromatic carbocycles. The van der Waals surface area contributed by atoms with Crippen molar-refractivity contribution in [2.24, 2.45) is 5.41 Å². The van der Waals surface area contributed by atoms with Gasteiger partial charge in [-0.1, -0.05) is 35.2 Å². The quantitative estimate of drug-likeness (QED) is 0.510. The van der Waals surface area contributed by atoms with Crippen LogP contribution in [0.3, 0.4) is 0 Å². The topological polar surface area (TPSA) is 9.23 Å². The molecule has 0 saturated heterocycles. The highest BCUT2D eigenvalue weighted by atomic mass is 79.9. The number of ether oxygens (including phenoxy) is 1. The van der Waals surface area contributed by atoms with E-state index in [4.69, 9.17) is 0 Å². The van der Waals surface area contributed by atoms with Crippen LogP contribution in [0.4, 0.5) is 13.2 Å². The molecular weight excluding hydrogens is 297 g/mol. The summed E-state index contributed by atoms with van der Waals surface area (Å²) in [7, 11) is 0. The monoisotopic (exact) mass is 316 g/mol. The van der Waals surface area contributed by atoms with E-state index in [0.717, 1.165) is 18.2 Å². The smallest absolute Gasteiger partial charge is 0.372 e. The second kappa shape index (κ2) is 6.98. The minimum atomic E-state index is -4.20. The Kier molecular flexibility index (Phi) is 6.27. The highest BCUT2D eigenvalue weighted by Gasteiger charge is 2.31. The van der Waals surface area contributed by atoms with E-state index in [0.29, 0.717) is 5.41 Å². The summed E-state index contributed by atoms with van der Waals surface area (Å²) in [5, 5.41) is 0.958. The Morgan fingerprint density at radius 2 is 1.76 bits per heavy atom. The van der Waals surface area contributed by atoms with Gasteiger partial charge in [-0.15, -0.1) is 0 Å². The molecular formula is C12H20BrF3O. The Balaban J connectivity index is 2.15. The van der Waals surface area contributed by atoms with Crippen molar-refractivity contribution in [1.82, 2.24) is 0 Å². The molecule has 1 saturated carbocycles. The standard InChI is InChI=1S/C12H20BrF3O/c13-9-11(5-2-1-3-6-11)7-4-8-17-10-12(14,15)16/h1-10H2. The van der Waals surface area contributed by atoms with Crippen molar-refractivity contribution in [1.29, 1.82) is 0 Å². The van der Waals surface area contributed by atoms with Crippen molar-refractivity contribution in [3.8, 4) is 0 Å². The Morgan fingerprint density at radius 3 is 2.29 bits per heavy atom. The van der Waals surface area contributed by atoms with Gasteiger partial charge in [0.2, 0.25) is 0 Å². The Morgan fingerprint density at radius 1 is 1.12 bits per heavy atom. The summed E-state index contributed by atoms with van der Waals surface area (Å²) in [6.45, 7) is -0.900. The normalized spacial score (nSPS) is 20.5. The van der Waals surface area contributed by atoms with E-state index < -0.39 is 12.8 Å². The number of halogens is 4. The predicted octanol–water partition coefficient (Wildman–Crippen LogP) is 4.69. The lowest BCUT2D eigenvalue weighted by molar-refractivity contribution is -0.174. The Bertz CT molecular complexity index is 212. The lowest BCUT2D eigenvalue weighted by Gasteiger charge is -2.35. The molecule has 0 aliphatic heterocycles. The van der Waals surface area contributed by atoms with E-state index in [2.05, 4.69) is 20.7 Å². The summed E-state index contributed by atoms with van der Waals surface area (Å²) < 4.78 is 40.2. The molecule has 1 fully saturated rings. The molecule has 1 aliphatic rings. The van der Waals surface area contributed by atoms with Crippen LogP contribution in [-0.2, 0) is 4.74 Å². The molecule has 1 aliphatic carbocycles. The fourth-order valence-corrected chi connectivity index (χ4v) is 3.33. The maximum atomic E-state index is 11.8. The van der Waals surface area contributed by atoms with Crippen molar-refractivity contribution in [2.75, 3.05) is 18.5 Å². The third-order valence-corrected chi connectivity index (χ3v) is 4.65. The molecule has 0 spiro atoms. The van der Waals surface area contributed by atoms with Gasteiger partial charge in [0.15, 0.2) is 0 Å². The third kappa shape index (κ3) is 6.09. The average molecular weight is 317 g/mol. The summed E-state index contributed by atoms with van der Waals surface area (Å²) in [4.78, 5) is 0. The van der Waals surface area contributed by atoms with Crippen LogP contribution in [0, 0.1) is 5.41 Å². The SMILES string of the molecule is FC(F)(F)COCCCC1(CBr)CCCCC1. The van der Waals surface area contributed by atoms with Gasteiger partial charge in [0.05, 0.1) is 0 Å². The molecule has 0 aromatic heterocycles. The van der Waals surface area contributed by atoms with Crippen LogP contribution < -0.4 is 0 Å². The molecule has 0 radical (unpaired) electrons. The molecule has 0 heterocycles. The van der Waals surface area contributed by atoms with E-state index in [1.54, 1.807) is 0 Å². The van der Waals surface area contributed by atoms with Crippen molar-refractivity contribution >= 4 is 15.9 Å². The summed E-state index contributed by atoms with van der Waals surface area (Å²) in [5.74, 6) is 0. The Hall–Kier alpha value is 0.230. The van der Waals surface area contributed by atoms with Gasteiger partial charge in [0, 0.05) is 11.9 Å². The molecule has 17 heavy (non-hydrogen) atoms. The van der Waals surface area contributed by atoms with Gasteiger partial charge in [-0.25, -0.2) is 0 Å². The fourth-order valence-electron chi connectivity index (χ4n) is 2.49. The maximum Gasteiger partial charge on any atom is 0.411 e. The summed E-state index contributed by atoms with van der Waals surface area (Å²) in [5.41, 5.74) is 0.305. The van der Waals surface area contributed by atoms with E-state index in [1.807, 2.05) is 0 Å². The van der Waals surface area contributed by atoms with E-state index in [1.165, 1.54) is 32.1 Å². The van der Waals surface area contributed by atoms with Gasteiger partial charge in [0.1, 0.15) is 6.61 Å². The summed E-state index contributed by atoms with van der Waals surface area (Å²) in [6.07, 6.45) is 3.66. The lowest BCUT2D eigenvalue weighted by Crippen LogP contribution is -2.26. The molecule has 0 atom stereocenters. The zero-order chi connectivity index (χ0) is 12.8. The lowest BCUT2D eigenvalue weighted by atomic mass is 9.73. The van der Waals surface area contributed by atoms with Crippen molar-refractivity contribution in [3.05, 3.63) is 0 Å². The first-order valence-electron chi connectivity index (χ1n) is 6.18. The van der Waals surface area contributed by atoms with E-state index in [9.17, 15) is 13.2 Å². The molecule has 0 amide bonds. The zero-order valence-electron chi connectivity index (χ0n) is 9.99. The first-order valence-corrected chi connectivity index (χ1v) is 7.30. The molecule has 0 unspecified atom stereocenters. The fraction of sp³-hybridized carbons (Fsp3) is 1.00. The molecule has 102 valence electrons. The minimum Gasteiger partial charge on any atom is -0.372 e. The van der Waals surface area contributed by atoms with Crippen LogP contribution in [0.5, 0.6) is 0 Å². The number of alkyl halides is 4. The molecule has 1 rings (SSSR count). The number of hydrogen-bond donors (Lipinski definition) is 0. The van der Waals surface area contributed by atoms with Gasteiger partial charge in [-0.05, 0) is 31.1 Å². The van der Waals surface area contributed by atoms with Crippen LogP contribution in [0.25, 0.3) is 0 Å². The van der Waals surface area contributed by atoms with Crippen LogP contribution in [-0.4, -0.2) is 24.7 Å². The number of hydrogen-bond acceptors (Lipinski definition) is 1. The average Bonchev–Trinajstić information content (AvgIpc) is 2.28. The number of rotatable bonds is 6. The van der Waals surface area contributed by atoms with Crippen molar-refractivity contribution < 1.29 is 17.9 Å². The van der Waals surface area contributed by atoms with Gasteiger partial charge >= 0.3 is 6.18 Å². The largest absolute Gasteiger partial charge is 0.411 e. The van der Waals surface area contributed by atoms with Crippen LogP contribution in [0.15, 0.2) is 0 Å². The van der Waals surface area contributed by atoms with Gasteiger partial charge in [0.25, 0.3) is 0 Å². The van der Waals surface area contributed by atoms with Gasteiger partial charge in [-0.3, -0.25) is 0 Å². The second-order valence-corrected chi connectivity index (χ2v) is 5.53. The van der Waals surface area contributed by atoms with Crippen molar-refractivity contribution in [3.63, 3.8) is 0 Å². The van der Waals surface area contributed by atoms with Crippen LogP contribution >= 0.6 is 15.9 Å². The summed E-state index contributed by atoms with van der Waals surface area (Å²) in [6, 6.07) is 0. The van der Waals surface area contributed by atoms with Crippen molar-refractivity contribution in [2.45, 2.75) is 51.1 Å². The Labute approximate surface area is 109 Å². The molecule has 0 bridgehead atoms. The molecule has 1 nitrogen and oxygen atoms in total. The molecule has 5 heteroatoms. The highest BCUT2D eigenvalue weighted by Crippen LogP contribution is 2.41. The minimum absolute atomic E-state index is 0.217. The van der Waals surface area contributed by atoms with Crippen LogP contribution in [0.1, 0.15) is 44.9 Å². The van der Waals surface area contributed by atoms with Crippen LogP contribution in [0.2, 0.25) is 0 Å². The highest BCUT2D eigenvalue weighted by molar-refractivity contribution is 9.09. The first kappa shape index (κ1) is 15.3. The van der Waals surface area contributed by atoms with Gasteiger partial charge < -0.3 is 4.74 Å². The molecule has 0 aromatic rings. The third-order valence-electron chi connectivity index (χ3n) is 3.46. The predicted molar refractivity (Wildman–Crippen MR) is 65.4 cm³/mol. The van der Waals surface area contributed by atoms with E-state index in [-0.39, 0.29) is 6.61 Å². The van der Waals surface area contributed by atoms with E-state index >= 15 is 0 Å². The zero-order valence-corrected chi connectivity index (χ0v) is 11.6. The first-order chi connectivity index (χ1) is 7.97. The maximum absolute atomic E-state index is 11.8.